The number of methoxy groups -OCH3 is 1. The summed E-state index contributed by atoms with van der Waals surface area (Å²) in [5.74, 6) is 1.58. The van der Waals surface area contributed by atoms with Crippen molar-refractivity contribution in [1.82, 2.24) is 5.16 Å². The Morgan fingerprint density at radius 2 is 2.17 bits per heavy atom. The van der Waals surface area contributed by atoms with Crippen molar-refractivity contribution < 1.29 is 9.26 Å². The molecule has 0 saturated heterocycles. The molecule has 0 amide bonds. The molecule has 1 heterocycles. The van der Waals surface area contributed by atoms with E-state index in [1.54, 1.807) is 13.2 Å². The first-order valence-corrected chi connectivity index (χ1v) is 5.98. The van der Waals surface area contributed by atoms with Gasteiger partial charge in [-0.1, -0.05) is 16.8 Å². The standard InChI is InChI=1S/C13H15ClN2O2/c1-8-11(9(2)18-16-8)7-15-12-6-10(14)4-5-13(12)17-3/h4-6,15H,7H2,1-3H3. The molecular weight excluding hydrogens is 252 g/mol. The van der Waals surface area contributed by atoms with E-state index in [0.29, 0.717) is 11.6 Å². The SMILES string of the molecule is COc1ccc(Cl)cc1NCc1c(C)noc1C. The molecule has 96 valence electrons. The molecular formula is C13H15ClN2O2. The van der Waals surface area contributed by atoms with Crippen LogP contribution in [0.25, 0.3) is 0 Å². The zero-order valence-corrected chi connectivity index (χ0v) is 11.3. The van der Waals surface area contributed by atoms with Crippen LogP contribution >= 0.6 is 11.6 Å². The lowest BCUT2D eigenvalue weighted by Gasteiger charge is -2.11. The first-order valence-electron chi connectivity index (χ1n) is 5.61. The van der Waals surface area contributed by atoms with Crippen molar-refractivity contribution in [3.8, 4) is 5.75 Å². The van der Waals surface area contributed by atoms with Gasteiger partial charge in [-0.25, -0.2) is 0 Å². The molecule has 1 N–H and O–H groups in total. The summed E-state index contributed by atoms with van der Waals surface area (Å²) in [4.78, 5) is 0. The van der Waals surface area contributed by atoms with Gasteiger partial charge in [0.25, 0.3) is 0 Å². The summed E-state index contributed by atoms with van der Waals surface area (Å²) in [7, 11) is 1.63. The Balaban J connectivity index is 2.17. The van der Waals surface area contributed by atoms with Gasteiger partial charge in [-0.3, -0.25) is 0 Å². The van der Waals surface area contributed by atoms with E-state index in [0.717, 1.165) is 28.5 Å². The van der Waals surface area contributed by atoms with Gasteiger partial charge < -0.3 is 14.6 Å². The van der Waals surface area contributed by atoms with E-state index in [2.05, 4.69) is 10.5 Å². The van der Waals surface area contributed by atoms with E-state index in [1.165, 1.54) is 0 Å². The lowest BCUT2D eigenvalue weighted by Crippen LogP contribution is -2.03. The molecule has 2 rings (SSSR count). The third kappa shape index (κ3) is 2.59. The van der Waals surface area contributed by atoms with Crippen molar-refractivity contribution in [2.45, 2.75) is 20.4 Å². The molecule has 0 aliphatic rings. The van der Waals surface area contributed by atoms with Crippen LogP contribution in [0.4, 0.5) is 5.69 Å². The van der Waals surface area contributed by atoms with Crippen molar-refractivity contribution >= 4 is 17.3 Å². The van der Waals surface area contributed by atoms with Crippen LogP contribution in [0.1, 0.15) is 17.0 Å². The van der Waals surface area contributed by atoms with Crippen LogP contribution in [0.3, 0.4) is 0 Å². The number of aromatic nitrogens is 1. The van der Waals surface area contributed by atoms with Gasteiger partial charge in [0.05, 0.1) is 18.5 Å². The number of aryl methyl sites for hydroxylation is 2. The summed E-state index contributed by atoms with van der Waals surface area (Å²) < 4.78 is 10.4. The normalized spacial score (nSPS) is 10.4. The smallest absolute Gasteiger partial charge is 0.142 e. The monoisotopic (exact) mass is 266 g/mol. The Hall–Kier alpha value is -1.68. The fraction of sp³-hybridized carbons (Fsp3) is 0.308. The molecule has 18 heavy (non-hydrogen) atoms. The van der Waals surface area contributed by atoms with E-state index in [1.807, 2.05) is 26.0 Å². The van der Waals surface area contributed by atoms with E-state index >= 15 is 0 Å². The van der Waals surface area contributed by atoms with Crippen LogP contribution in [0.5, 0.6) is 5.75 Å². The Kier molecular flexibility index (Phi) is 3.77. The molecule has 0 aliphatic carbocycles. The second-order valence-electron chi connectivity index (χ2n) is 4.00. The molecule has 1 aromatic carbocycles. The molecule has 0 atom stereocenters. The lowest BCUT2D eigenvalue weighted by molar-refractivity contribution is 0.392. The van der Waals surface area contributed by atoms with Crippen LogP contribution in [0, 0.1) is 13.8 Å². The highest BCUT2D eigenvalue weighted by Crippen LogP contribution is 2.28. The quantitative estimate of drug-likeness (QED) is 0.919. The number of halogens is 1. The summed E-state index contributed by atoms with van der Waals surface area (Å²) in [5, 5.41) is 7.86. The maximum Gasteiger partial charge on any atom is 0.142 e. The number of ether oxygens (including phenoxy) is 1. The largest absolute Gasteiger partial charge is 0.495 e. The molecule has 0 unspecified atom stereocenters. The average molecular weight is 267 g/mol. The van der Waals surface area contributed by atoms with E-state index in [4.69, 9.17) is 20.9 Å². The van der Waals surface area contributed by atoms with Crippen LogP contribution in [0.2, 0.25) is 5.02 Å². The van der Waals surface area contributed by atoms with Crippen LogP contribution in [0.15, 0.2) is 22.7 Å². The van der Waals surface area contributed by atoms with Crippen molar-refractivity contribution in [2.24, 2.45) is 0 Å². The third-order valence-corrected chi connectivity index (χ3v) is 3.03. The van der Waals surface area contributed by atoms with Crippen molar-refractivity contribution in [1.29, 1.82) is 0 Å². The number of nitrogens with zero attached hydrogens (tertiary/aromatic N) is 1. The predicted molar refractivity (Wildman–Crippen MR) is 71.3 cm³/mol. The zero-order valence-electron chi connectivity index (χ0n) is 10.6. The van der Waals surface area contributed by atoms with Crippen molar-refractivity contribution in [2.75, 3.05) is 12.4 Å². The zero-order chi connectivity index (χ0) is 13.1. The number of hydrogen-bond acceptors (Lipinski definition) is 4. The van der Waals surface area contributed by atoms with Crippen molar-refractivity contribution in [3.63, 3.8) is 0 Å². The van der Waals surface area contributed by atoms with Crippen LogP contribution in [-0.2, 0) is 6.54 Å². The predicted octanol–water partition coefficient (Wildman–Crippen LogP) is 3.57. The van der Waals surface area contributed by atoms with Gasteiger partial charge in [0.1, 0.15) is 11.5 Å². The maximum atomic E-state index is 5.97. The molecule has 4 nitrogen and oxygen atoms in total. The first kappa shape index (κ1) is 12.8. The van der Waals surface area contributed by atoms with E-state index in [9.17, 15) is 0 Å². The number of rotatable bonds is 4. The summed E-state index contributed by atoms with van der Waals surface area (Å²) in [5.41, 5.74) is 2.79. The molecule has 0 bridgehead atoms. The van der Waals surface area contributed by atoms with Crippen LogP contribution in [-0.4, -0.2) is 12.3 Å². The Labute approximate surface area is 111 Å². The molecule has 5 heteroatoms. The van der Waals surface area contributed by atoms with E-state index in [-0.39, 0.29) is 0 Å². The van der Waals surface area contributed by atoms with E-state index < -0.39 is 0 Å². The van der Waals surface area contributed by atoms with Gasteiger partial charge in [0.15, 0.2) is 0 Å². The Bertz CT molecular complexity index is 532. The molecule has 0 aliphatic heterocycles. The van der Waals surface area contributed by atoms with Gasteiger partial charge in [-0.2, -0.15) is 0 Å². The minimum Gasteiger partial charge on any atom is -0.495 e. The fourth-order valence-electron chi connectivity index (χ4n) is 1.76. The summed E-state index contributed by atoms with van der Waals surface area (Å²) in [6.07, 6.45) is 0. The van der Waals surface area contributed by atoms with Crippen molar-refractivity contribution in [3.05, 3.63) is 40.2 Å². The second-order valence-corrected chi connectivity index (χ2v) is 4.44. The number of nitrogens with one attached hydrogen (secondary N) is 1. The summed E-state index contributed by atoms with van der Waals surface area (Å²) in [6.45, 7) is 4.44. The third-order valence-electron chi connectivity index (χ3n) is 2.80. The molecule has 0 radical (unpaired) electrons. The van der Waals surface area contributed by atoms with Gasteiger partial charge in [0.2, 0.25) is 0 Å². The topological polar surface area (TPSA) is 47.3 Å². The number of hydrogen-bond donors (Lipinski definition) is 1. The minimum absolute atomic E-state index is 0.623. The Morgan fingerprint density at radius 3 is 2.78 bits per heavy atom. The highest BCUT2D eigenvalue weighted by molar-refractivity contribution is 6.30. The van der Waals surface area contributed by atoms with Crippen LogP contribution < -0.4 is 10.1 Å². The summed E-state index contributed by atoms with van der Waals surface area (Å²) in [6, 6.07) is 5.46. The molecule has 0 spiro atoms. The van der Waals surface area contributed by atoms with Gasteiger partial charge in [-0.15, -0.1) is 0 Å². The molecule has 2 aromatic rings. The van der Waals surface area contributed by atoms with Gasteiger partial charge in [0, 0.05) is 17.1 Å². The average Bonchev–Trinajstić information content (AvgIpc) is 2.67. The maximum absolute atomic E-state index is 5.97. The first-order chi connectivity index (χ1) is 8.61. The molecule has 1 aromatic heterocycles. The molecule has 0 saturated carbocycles. The Morgan fingerprint density at radius 1 is 1.39 bits per heavy atom. The number of benzene rings is 1. The minimum atomic E-state index is 0.623. The highest BCUT2D eigenvalue weighted by atomic mass is 35.5. The lowest BCUT2D eigenvalue weighted by atomic mass is 10.2. The molecule has 0 fully saturated rings. The van der Waals surface area contributed by atoms with Gasteiger partial charge >= 0.3 is 0 Å². The fourth-order valence-corrected chi connectivity index (χ4v) is 1.93. The van der Waals surface area contributed by atoms with Gasteiger partial charge in [-0.05, 0) is 32.0 Å². The number of anilines is 1. The summed E-state index contributed by atoms with van der Waals surface area (Å²) >= 11 is 5.97. The highest BCUT2D eigenvalue weighted by Gasteiger charge is 2.10. The second kappa shape index (κ2) is 5.31.